The van der Waals surface area contributed by atoms with Gasteiger partial charge in [-0.05, 0) is 68.8 Å². The molecule has 1 saturated carbocycles. The molecular weight excluding hydrogens is 358 g/mol. The van der Waals surface area contributed by atoms with Crippen LogP contribution in [-0.2, 0) is 11.2 Å². The molecule has 2 heterocycles. The number of fused-ring (bicyclic) bond motifs is 3. The Kier molecular flexibility index (Phi) is 5.62. The predicted molar refractivity (Wildman–Crippen MR) is 108 cm³/mol. The molecule has 146 valence electrons. The van der Waals surface area contributed by atoms with E-state index < -0.39 is 0 Å². The van der Waals surface area contributed by atoms with Gasteiger partial charge in [-0.3, -0.25) is 4.79 Å². The number of carbonyl (C=O) groups excluding carboxylic acids is 1. The van der Waals surface area contributed by atoms with Gasteiger partial charge in [0.15, 0.2) is 0 Å². The van der Waals surface area contributed by atoms with Crippen LogP contribution < -0.4 is 10.5 Å². The minimum Gasteiger partial charge on any atom is -0.474 e. The van der Waals surface area contributed by atoms with Crippen LogP contribution >= 0.6 is 11.3 Å². The van der Waals surface area contributed by atoms with Crippen LogP contribution in [-0.4, -0.2) is 22.0 Å². The number of ether oxygens (including phenoxy) is 1. The van der Waals surface area contributed by atoms with Gasteiger partial charge in [-0.25, -0.2) is 9.97 Å². The Morgan fingerprint density at radius 1 is 1.26 bits per heavy atom. The number of primary amides is 1. The van der Waals surface area contributed by atoms with E-state index in [1.54, 1.807) is 17.7 Å². The van der Waals surface area contributed by atoms with E-state index in [1.165, 1.54) is 29.7 Å². The van der Waals surface area contributed by atoms with Crippen LogP contribution in [0.2, 0.25) is 0 Å². The van der Waals surface area contributed by atoms with Gasteiger partial charge >= 0.3 is 0 Å². The number of rotatable bonds is 6. The largest absolute Gasteiger partial charge is 0.474 e. The quantitative estimate of drug-likeness (QED) is 0.777. The molecule has 4 rings (SSSR count). The molecule has 6 heteroatoms. The second-order valence-corrected chi connectivity index (χ2v) is 9.14. The van der Waals surface area contributed by atoms with Crippen molar-refractivity contribution in [1.29, 1.82) is 0 Å². The molecule has 2 aromatic rings. The van der Waals surface area contributed by atoms with E-state index in [2.05, 4.69) is 16.9 Å². The SMILES string of the molecule is CCC1CCC(Oc2ncnc3sc4c(c23)[C@@H](CCC(N)=O)CCC4)CC1. The molecule has 0 unspecified atom stereocenters. The van der Waals surface area contributed by atoms with Crippen LogP contribution in [0, 0.1) is 5.92 Å². The summed E-state index contributed by atoms with van der Waals surface area (Å²) < 4.78 is 6.42. The third-order valence-corrected chi connectivity index (χ3v) is 7.49. The first kappa shape index (κ1) is 18.7. The smallest absolute Gasteiger partial charge is 0.225 e. The van der Waals surface area contributed by atoms with Crippen molar-refractivity contribution in [2.45, 2.75) is 83.2 Å². The van der Waals surface area contributed by atoms with Gasteiger partial charge < -0.3 is 10.5 Å². The minimum absolute atomic E-state index is 0.220. The second kappa shape index (κ2) is 8.13. The molecule has 0 radical (unpaired) electrons. The monoisotopic (exact) mass is 387 g/mol. The summed E-state index contributed by atoms with van der Waals surface area (Å²) in [4.78, 5) is 22.8. The number of aromatic nitrogens is 2. The van der Waals surface area contributed by atoms with Crippen LogP contribution in [0.3, 0.4) is 0 Å². The molecule has 5 nitrogen and oxygen atoms in total. The Morgan fingerprint density at radius 3 is 2.81 bits per heavy atom. The third-order valence-electron chi connectivity index (χ3n) is 6.32. The maximum absolute atomic E-state index is 11.3. The summed E-state index contributed by atoms with van der Waals surface area (Å²) in [5.41, 5.74) is 6.74. The van der Waals surface area contributed by atoms with Crippen molar-refractivity contribution >= 4 is 27.5 Å². The van der Waals surface area contributed by atoms with Crippen molar-refractivity contribution in [2.24, 2.45) is 11.7 Å². The highest BCUT2D eigenvalue weighted by Gasteiger charge is 2.29. The van der Waals surface area contributed by atoms with E-state index in [-0.39, 0.29) is 12.0 Å². The van der Waals surface area contributed by atoms with Gasteiger partial charge in [0.1, 0.15) is 17.3 Å². The maximum atomic E-state index is 11.3. The number of hydrogen-bond donors (Lipinski definition) is 1. The Bertz CT molecular complexity index is 811. The molecule has 1 fully saturated rings. The predicted octanol–water partition coefficient (Wildman–Crippen LogP) is 4.72. The van der Waals surface area contributed by atoms with Gasteiger partial charge in [0.2, 0.25) is 11.8 Å². The molecule has 1 atom stereocenters. The standard InChI is InChI=1S/C21H29N3O2S/c1-2-13-6-9-15(10-7-13)26-20-19-18-14(8-11-17(22)25)4-3-5-16(18)27-21(19)24-12-23-20/h12-15H,2-11H2,1H3,(H2,22,25)/t13?,14-,15?/m1/s1. The fraction of sp³-hybridized carbons (Fsp3) is 0.667. The minimum atomic E-state index is -0.220. The molecule has 1 amide bonds. The van der Waals surface area contributed by atoms with Crippen molar-refractivity contribution in [1.82, 2.24) is 9.97 Å². The molecule has 0 aromatic carbocycles. The molecule has 2 aliphatic rings. The zero-order valence-electron chi connectivity index (χ0n) is 16.1. The summed E-state index contributed by atoms with van der Waals surface area (Å²) in [6, 6.07) is 0. The lowest BCUT2D eigenvalue weighted by atomic mass is 9.83. The summed E-state index contributed by atoms with van der Waals surface area (Å²) in [6.45, 7) is 2.28. The van der Waals surface area contributed by atoms with Gasteiger partial charge in [0.05, 0.1) is 5.39 Å². The van der Waals surface area contributed by atoms with Crippen LogP contribution in [0.4, 0.5) is 0 Å². The van der Waals surface area contributed by atoms with E-state index in [4.69, 9.17) is 10.5 Å². The number of thiophene rings is 1. The number of amides is 1. The van der Waals surface area contributed by atoms with Crippen LogP contribution in [0.1, 0.15) is 81.1 Å². The van der Waals surface area contributed by atoms with Crippen LogP contribution in [0.25, 0.3) is 10.2 Å². The van der Waals surface area contributed by atoms with Crippen molar-refractivity contribution in [3.05, 3.63) is 16.8 Å². The van der Waals surface area contributed by atoms with Crippen molar-refractivity contribution in [2.75, 3.05) is 0 Å². The average Bonchev–Trinajstić information content (AvgIpc) is 3.07. The fourth-order valence-corrected chi connectivity index (χ4v) is 6.01. The molecule has 2 N–H and O–H groups in total. The zero-order valence-corrected chi connectivity index (χ0v) is 16.9. The van der Waals surface area contributed by atoms with Crippen molar-refractivity contribution in [3.8, 4) is 5.88 Å². The zero-order chi connectivity index (χ0) is 18.8. The van der Waals surface area contributed by atoms with E-state index in [0.29, 0.717) is 12.3 Å². The lowest BCUT2D eigenvalue weighted by molar-refractivity contribution is -0.118. The molecule has 0 bridgehead atoms. The number of hydrogen-bond acceptors (Lipinski definition) is 5. The molecule has 2 aliphatic carbocycles. The highest BCUT2D eigenvalue weighted by atomic mass is 32.1. The molecule has 0 spiro atoms. The van der Waals surface area contributed by atoms with E-state index in [9.17, 15) is 4.79 Å². The van der Waals surface area contributed by atoms with Crippen LogP contribution in [0.5, 0.6) is 5.88 Å². The molecule has 2 aromatic heterocycles. The second-order valence-electron chi connectivity index (χ2n) is 8.06. The van der Waals surface area contributed by atoms with Gasteiger partial charge in [-0.2, -0.15) is 0 Å². The maximum Gasteiger partial charge on any atom is 0.225 e. The Labute approximate surface area is 164 Å². The lowest BCUT2D eigenvalue weighted by Crippen LogP contribution is -2.24. The topological polar surface area (TPSA) is 78.1 Å². The van der Waals surface area contributed by atoms with Crippen molar-refractivity contribution in [3.63, 3.8) is 0 Å². The molecule has 27 heavy (non-hydrogen) atoms. The fourth-order valence-electron chi connectivity index (χ4n) is 4.75. The number of nitrogens with zero attached hydrogens (tertiary/aromatic N) is 2. The summed E-state index contributed by atoms with van der Waals surface area (Å²) in [5.74, 6) is 1.74. The van der Waals surface area contributed by atoms with Crippen LogP contribution in [0.15, 0.2) is 6.33 Å². The summed E-state index contributed by atoms with van der Waals surface area (Å²) >= 11 is 1.77. The number of aryl methyl sites for hydroxylation is 1. The Hall–Kier alpha value is -1.69. The highest BCUT2D eigenvalue weighted by Crippen LogP contribution is 2.46. The van der Waals surface area contributed by atoms with Crippen molar-refractivity contribution < 1.29 is 9.53 Å². The summed E-state index contributed by atoms with van der Waals surface area (Å²) in [6.07, 6.45) is 12.5. The number of carbonyl (C=O) groups is 1. The normalized spacial score (nSPS) is 25.3. The number of nitrogens with two attached hydrogens (primary N) is 1. The first-order valence-electron chi connectivity index (χ1n) is 10.4. The first-order valence-corrected chi connectivity index (χ1v) is 11.2. The lowest BCUT2D eigenvalue weighted by Gasteiger charge is -2.28. The molecule has 0 aliphatic heterocycles. The van der Waals surface area contributed by atoms with Gasteiger partial charge in [0, 0.05) is 11.3 Å². The van der Waals surface area contributed by atoms with Gasteiger partial charge in [-0.1, -0.05) is 13.3 Å². The Balaban J connectivity index is 1.62. The molecule has 0 saturated heterocycles. The highest BCUT2D eigenvalue weighted by molar-refractivity contribution is 7.18. The van der Waals surface area contributed by atoms with E-state index >= 15 is 0 Å². The summed E-state index contributed by atoms with van der Waals surface area (Å²) in [7, 11) is 0. The average molecular weight is 388 g/mol. The summed E-state index contributed by atoms with van der Waals surface area (Å²) in [5, 5.41) is 1.10. The Morgan fingerprint density at radius 2 is 2.07 bits per heavy atom. The first-order chi connectivity index (χ1) is 13.2. The van der Waals surface area contributed by atoms with E-state index in [0.717, 1.165) is 60.5 Å². The third kappa shape index (κ3) is 3.96. The van der Waals surface area contributed by atoms with Gasteiger partial charge in [-0.15, -0.1) is 11.3 Å². The van der Waals surface area contributed by atoms with Gasteiger partial charge in [0.25, 0.3) is 0 Å². The molecular formula is C21H29N3O2S. The van der Waals surface area contributed by atoms with E-state index in [1.807, 2.05) is 0 Å².